The first-order valence-corrected chi connectivity index (χ1v) is 9.84. The number of anilines is 1. The van der Waals surface area contributed by atoms with E-state index in [0.29, 0.717) is 43.7 Å². The molecule has 0 spiro atoms. The Labute approximate surface area is 165 Å². The Hall–Kier alpha value is -2.49. The minimum atomic E-state index is -4.43. The van der Waals surface area contributed by atoms with Crippen molar-refractivity contribution in [1.82, 2.24) is 15.2 Å². The van der Waals surface area contributed by atoms with Crippen LogP contribution in [0.4, 0.5) is 18.9 Å². The Balaban J connectivity index is 1.64. The summed E-state index contributed by atoms with van der Waals surface area (Å²) < 4.78 is 38.0. The lowest BCUT2D eigenvalue weighted by Gasteiger charge is -2.37. The summed E-state index contributed by atoms with van der Waals surface area (Å²) in [4.78, 5) is 12.3. The fourth-order valence-electron chi connectivity index (χ4n) is 2.97. The number of phenols is 1. The van der Waals surface area contributed by atoms with Crippen LogP contribution >= 0.6 is 11.3 Å². The fraction of sp³-hybridized carbons (Fsp3) is 0.444. The van der Waals surface area contributed by atoms with Crippen LogP contribution in [0.5, 0.6) is 5.75 Å². The second kappa shape index (κ2) is 8.68. The Morgan fingerprint density at radius 2 is 1.96 bits per heavy atom. The number of guanidine groups is 1. The molecule has 1 fully saturated rings. The van der Waals surface area contributed by atoms with Gasteiger partial charge in [-0.2, -0.15) is 13.2 Å². The molecule has 1 aromatic heterocycles. The minimum absolute atomic E-state index is 0.1000. The molecule has 0 atom stereocenters. The van der Waals surface area contributed by atoms with Crippen LogP contribution in [0.2, 0.25) is 0 Å². The monoisotopic (exact) mass is 413 g/mol. The maximum atomic E-state index is 12.7. The van der Waals surface area contributed by atoms with E-state index < -0.39 is 11.9 Å². The number of hydrogen-bond donors (Lipinski definition) is 2. The lowest BCUT2D eigenvalue weighted by Crippen LogP contribution is -2.52. The van der Waals surface area contributed by atoms with E-state index in [9.17, 15) is 18.3 Å². The number of aliphatic imine (C=N–C) groups is 1. The smallest absolute Gasteiger partial charge is 0.434 e. The summed E-state index contributed by atoms with van der Waals surface area (Å²) in [6.45, 7) is 5.48. The van der Waals surface area contributed by atoms with Crippen LogP contribution in [0.25, 0.3) is 0 Å². The van der Waals surface area contributed by atoms with Gasteiger partial charge in [0.1, 0.15) is 10.8 Å². The molecule has 0 saturated carbocycles. The van der Waals surface area contributed by atoms with Crippen molar-refractivity contribution in [1.29, 1.82) is 0 Å². The topological polar surface area (TPSA) is 64.0 Å². The lowest BCUT2D eigenvalue weighted by atomic mass is 10.2. The molecule has 0 bridgehead atoms. The number of para-hydroxylation sites is 2. The lowest BCUT2D eigenvalue weighted by molar-refractivity contribution is -0.140. The predicted molar refractivity (Wildman–Crippen MR) is 104 cm³/mol. The molecular formula is C18H22F3N5OS. The SMILES string of the molecule is CCNC(=NCc1nc(C(F)(F)F)cs1)N1CCN(c2ccccc2O)CC1. The molecule has 10 heteroatoms. The molecular weight excluding hydrogens is 391 g/mol. The maximum absolute atomic E-state index is 12.7. The molecule has 3 rings (SSSR count). The van der Waals surface area contributed by atoms with Gasteiger partial charge in [-0.25, -0.2) is 9.98 Å². The minimum Gasteiger partial charge on any atom is -0.506 e. The van der Waals surface area contributed by atoms with Crippen molar-refractivity contribution >= 4 is 23.0 Å². The van der Waals surface area contributed by atoms with Gasteiger partial charge in [-0.15, -0.1) is 11.3 Å². The zero-order valence-corrected chi connectivity index (χ0v) is 16.2. The summed E-state index contributed by atoms with van der Waals surface area (Å²) in [5, 5.41) is 14.5. The second-order valence-corrected chi connectivity index (χ2v) is 7.20. The van der Waals surface area contributed by atoms with Crippen molar-refractivity contribution in [3.63, 3.8) is 0 Å². The van der Waals surface area contributed by atoms with Gasteiger partial charge in [-0.05, 0) is 19.1 Å². The number of hydrogen-bond acceptors (Lipinski definition) is 5. The summed E-state index contributed by atoms with van der Waals surface area (Å²) in [7, 11) is 0. The van der Waals surface area contributed by atoms with E-state index in [1.165, 1.54) is 0 Å². The van der Waals surface area contributed by atoms with Crippen LogP contribution in [-0.2, 0) is 12.7 Å². The number of nitrogens with zero attached hydrogens (tertiary/aromatic N) is 4. The number of piperazine rings is 1. The van der Waals surface area contributed by atoms with Crippen LogP contribution in [0.3, 0.4) is 0 Å². The van der Waals surface area contributed by atoms with Crippen LogP contribution in [0, 0.1) is 0 Å². The van der Waals surface area contributed by atoms with Gasteiger partial charge in [0.25, 0.3) is 0 Å². The van der Waals surface area contributed by atoms with E-state index in [2.05, 4.69) is 25.1 Å². The average molecular weight is 413 g/mol. The van der Waals surface area contributed by atoms with Crippen LogP contribution < -0.4 is 10.2 Å². The number of aromatic nitrogens is 1. The van der Waals surface area contributed by atoms with Gasteiger partial charge < -0.3 is 20.2 Å². The van der Waals surface area contributed by atoms with Crippen LogP contribution in [0.15, 0.2) is 34.6 Å². The third-order valence-corrected chi connectivity index (χ3v) is 5.18. The highest BCUT2D eigenvalue weighted by Crippen LogP contribution is 2.30. The highest BCUT2D eigenvalue weighted by molar-refractivity contribution is 7.09. The normalized spacial score (nSPS) is 15.8. The molecule has 152 valence electrons. The first-order valence-electron chi connectivity index (χ1n) is 8.96. The molecule has 1 aliphatic rings. The number of alkyl halides is 3. The van der Waals surface area contributed by atoms with Gasteiger partial charge >= 0.3 is 6.18 Å². The van der Waals surface area contributed by atoms with Crippen molar-refractivity contribution in [2.24, 2.45) is 4.99 Å². The summed E-state index contributed by atoms with van der Waals surface area (Å²) >= 11 is 0.962. The zero-order chi connectivity index (χ0) is 20.1. The van der Waals surface area contributed by atoms with Crippen LogP contribution in [0.1, 0.15) is 17.6 Å². The molecule has 6 nitrogen and oxygen atoms in total. The van der Waals surface area contributed by atoms with Crippen molar-refractivity contribution in [2.45, 2.75) is 19.6 Å². The molecule has 1 saturated heterocycles. The summed E-state index contributed by atoms with van der Waals surface area (Å²) in [5.74, 6) is 0.906. The van der Waals surface area contributed by atoms with Gasteiger partial charge in [-0.1, -0.05) is 12.1 Å². The zero-order valence-electron chi connectivity index (χ0n) is 15.4. The first-order chi connectivity index (χ1) is 13.4. The van der Waals surface area contributed by atoms with E-state index in [4.69, 9.17) is 0 Å². The first kappa shape index (κ1) is 20.2. The largest absolute Gasteiger partial charge is 0.506 e. The fourth-order valence-corrected chi connectivity index (χ4v) is 3.70. The third-order valence-electron chi connectivity index (χ3n) is 4.34. The summed E-state index contributed by atoms with van der Waals surface area (Å²) in [6, 6.07) is 7.21. The highest BCUT2D eigenvalue weighted by atomic mass is 32.1. The molecule has 1 aromatic carbocycles. The Bertz CT molecular complexity index is 816. The number of nitrogens with one attached hydrogen (secondary N) is 1. The summed E-state index contributed by atoms with van der Waals surface area (Å²) in [5.41, 5.74) is -0.0736. The molecule has 2 aromatic rings. The van der Waals surface area contributed by atoms with Gasteiger partial charge in [0.15, 0.2) is 11.7 Å². The van der Waals surface area contributed by atoms with E-state index in [0.717, 1.165) is 22.4 Å². The number of aromatic hydroxyl groups is 1. The van der Waals surface area contributed by atoms with E-state index in [1.807, 2.05) is 19.1 Å². The standard InChI is InChI=1S/C18H22F3N5OS/c1-2-22-17(23-11-16-24-15(12-28-16)18(19,20)21)26-9-7-25(8-10-26)13-5-3-4-6-14(13)27/h3-6,12,27H,2,7-11H2,1H3,(H,22,23). The number of phenolic OH excluding ortho intramolecular Hbond substituents is 1. The van der Waals surface area contributed by atoms with Gasteiger partial charge in [0.2, 0.25) is 0 Å². The summed E-state index contributed by atoms with van der Waals surface area (Å²) in [6.07, 6.45) is -4.43. The molecule has 28 heavy (non-hydrogen) atoms. The Kier molecular flexibility index (Phi) is 6.28. The average Bonchev–Trinajstić information content (AvgIpc) is 3.15. The molecule has 0 amide bonds. The van der Waals surface area contributed by atoms with Gasteiger partial charge in [0.05, 0.1) is 12.2 Å². The van der Waals surface area contributed by atoms with Crippen molar-refractivity contribution in [2.75, 3.05) is 37.6 Å². The van der Waals surface area contributed by atoms with E-state index >= 15 is 0 Å². The highest BCUT2D eigenvalue weighted by Gasteiger charge is 2.33. The van der Waals surface area contributed by atoms with Gasteiger partial charge in [-0.3, -0.25) is 0 Å². The van der Waals surface area contributed by atoms with Crippen LogP contribution in [-0.4, -0.2) is 53.7 Å². The predicted octanol–water partition coefficient (Wildman–Crippen LogP) is 3.16. The molecule has 2 N–H and O–H groups in total. The van der Waals surface area contributed by atoms with E-state index in [1.54, 1.807) is 12.1 Å². The number of benzene rings is 1. The quantitative estimate of drug-likeness (QED) is 0.596. The molecule has 0 aliphatic carbocycles. The Morgan fingerprint density at radius 3 is 2.57 bits per heavy atom. The van der Waals surface area contributed by atoms with Crippen molar-refractivity contribution in [3.05, 3.63) is 40.3 Å². The Morgan fingerprint density at radius 1 is 1.25 bits per heavy atom. The molecule has 0 radical (unpaired) electrons. The molecule has 1 aliphatic heterocycles. The van der Waals surface area contributed by atoms with Gasteiger partial charge in [0, 0.05) is 38.1 Å². The molecule has 2 heterocycles. The third kappa shape index (κ3) is 4.86. The second-order valence-electron chi connectivity index (χ2n) is 6.26. The van der Waals surface area contributed by atoms with Crippen molar-refractivity contribution in [3.8, 4) is 5.75 Å². The molecule has 0 unspecified atom stereocenters. The number of rotatable bonds is 4. The number of thiazole rings is 1. The van der Waals surface area contributed by atoms with E-state index in [-0.39, 0.29) is 12.3 Å². The maximum Gasteiger partial charge on any atom is 0.434 e. The van der Waals surface area contributed by atoms with Crippen molar-refractivity contribution < 1.29 is 18.3 Å². The number of halogens is 3.